The minimum atomic E-state index is -1.11. The molecule has 1 saturated heterocycles. The number of benzene rings is 1. The van der Waals surface area contributed by atoms with Gasteiger partial charge >= 0.3 is 0 Å². The van der Waals surface area contributed by atoms with E-state index in [1.807, 2.05) is 0 Å². The van der Waals surface area contributed by atoms with Crippen LogP contribution in [0, 0.1) is 17.6 Å². The summed E-state index contributed by atoms with van der Waals surface area (Å²) in [5, 5.41) is 10.5. The molecule has 2 unspecified atom stereocenters. The molecule has 0 bridgehead atoms. The fourth-order valence-corrected chi connectivity index (χ4v) is 4.18. The zero-order valence-electron chi connectivity index (χ0n) is 11.7. The van der Waals surface area contributed by atoms with E-state index in [4.69, 9.17) is 4.74 Å². The van der Waals surface area contributed by atoms with Crippen molar-refractivity contribution >= 4 is 15.9 Å². The van der Waals surface area contributed by atoms with Crippen LogP contribution < -0.4 is 0 Å². The maximum atomic E-state index is 14.0. The zero-order valence-corrected chi connectivity index (χ0v) is 13.3. The van der Waals surface area contributed by atoms with Gasteiger partial charge in [0.1, 0.15) is 11.6 Å². The predicted molar refractivity (Wildman–Crippen MR) is 78.9 cm³/mol. The van der Waals surface area contributed by atoms with Crippen molar-refractivity contribution in [1.29, 1.82) is 0 Å². The van der Waals surface area contributed by atoms with E-state index in [0.717, 1.165) is 25.7 Å². The molecule has 116 valence electrons. The third-order valence-electron chi connectivity index (χ3n) is 4.83. The first kappa shape index (κ1) is 15.4. The summed E-state index contributed by atoms with van der Waals surface area (Å²) < 4.78 is 34.3. The Morgan fingerprint density at radius 1 is 1.24 bits per heavy atom. The molecule has 1 aromatic rings. The van der Waals surface area contributed by atoms with E-state index in [-0.39, 0.29) is 17.1 Å². The molecule has 0 amide bonds. The van der Waals surface area contributed by atoms with Crippen LogP contribution in [-0.4, -0.2) is 17.3 Å². The van der Waals surface area contributed by atoms with Gasteiger partial charge in [-0.25, -0.2) is 8.78 Å². The molecule has 1 aliphatic heterocycles. The fourth-order valence-electron chi connectivity index (χ4n) is 3.77. The lowest BCUT2D eigenvalue weighted by Crippen LogP contribution is -2.39. The van der Waals surface area contributed by atoms with E-state index in [1.54, 1.807) is 0 Å². The molecule has 1 aliphatic carbocycles. The summed E-state index contributed by atoms with van der Waals surface area (Å²) in [6.07, 6.45) is 4.44. The standard InChI is InChI=1S/C16H19BrF2O2/c17-11-7-12(18)14(13(19)8-11)15(20)10-3-6-21-16(9-10)4-1-2-5-16/h7-8,10,15,20H,1-6,9H2. The van der Waals surface area contributed by atoms with Crippen molar-refractivity contribution in [2.24, 2.45) is 5.92 Å². The molecule has 0 aromatic heterocycles. The Kier molecular flexibility index (Phi) is 4.35. The highest BCUT2D eigenvalue weighted by Crippen LogP contribution is 2.46. The van der Waals surface area contributed by atoms with Crippen LogP contribution in [0.4, 0.5) is 8.78 Å². The average Bonchev–Trinajstić information content (AvgIpc) is 2.85. The molecule has 2 atom stereocenters. The molecule has 1 heterocycles. The van der Waals surface area contributed by atoms with Crippen molar-refractivity contribution in [3.63, 3.8) is 0 Å². The molecule has 1 aromatic carbocycles. The highest BCUT2D eigenvalue weighted by Gasteiger charge is 2.42. The largest absolute Gasteiger partial charge is 0.388 e. The normalized spacial score (nSPS) is 26.2. The van der Waals surface area contributed by atoms with Gasteiger partial charge in [0.05, 0.1) is 17.3 Å². The zero-order chi connectivity index (χ0) is 15.0. The Bertz CT molecular complexity index is 506. The van der Waals surface area contributed by atoms with Gasteiger partial charge in [0.15, 0.2) is 0 Å². The molecule has 1 spiro atoms. The fraction of sp³-hybridized carbons (Fsp3) is 0.625. The monoisotopic (exact) mass is 360 g/mol. The second kappa shape index (κ2) is 5.94. The van der Waals surface area contributed by atoms with Crippen molar-refractivity contribution in [2.75, 3.05) is 6.61 Å². The first-order valence-corrected chi connectivity index (χ1v) is 8.26. The molecule has 2 fully saturated rings. The Morgan fingerprint density at radius 2 is 1.86 bits per heavy atom. The summed E-state index contributed by atoms with van der Waals surface area (Å²) in [6.45, 7) is 0.557. The third kappa shape index (κ3) is 3.01. The van der Waals surface area contributed by atoms with Crippen LogP contribution in [0.15, 0.2) is 16.6 Å². The number of aliphatic hydroxyl groups excluding tert-OH is 1. The number of ether oxygens (including phenoxy) is 1. The molecule has 2 aliphatic rings. The number of halogens is 3. The maximum Gasteiger partial charge on any atom is 0.133 e. The van der Waals surface area contributed by atoms with Crippen LogP contribution in [0.5, 0.6) is 0 Å². The number of rotatable bonds is 2. The highest BCUT2D eigenvalue weighted by atomic mass is 79.9. The third-order valence-corrected chi connectivity index (χ3v) is 5.29. The van der Waals surface area contributed by atoms with E-state index >= 15 is 0 Å². The van der Waals surface area contributed by atoms with E-state index in [2.05, 4.69) is 15.9 Å². The van der Waals surface area contributed by atoms with Crippen LogP contribution in [0.2, 0.25) is 0 Å². The average molecular weight is 361 g/mol. The summed E-state index contributed by atoms with van der Waals surface area (Å²) in [4.78, 5) is 0. The van der Waals surface area contributed by atoms with Gasteiger partial charge in [0.2, 0.25) is 0 Å². The Hall–Kier alpha value is -0.520. The SMILES string of the molecule is OC(c1c(F)cc(Br)cc1F)C1CCOC2(CCCC2)C1. The van der Waals surface area contributed by atoms with Crippen LogP contribution in [0.1, 0.15) is 50.2 Å². The molecule has 3 rings (SSSR count). The number of aliphatic hydroxyl groups is 1. The molecule has 2 nitrogen and oxygen atoms in total. The van der Waals surface area contributed by atoms with Gasteiger partial charge in [-0.3, -0.25) is 0 Å². The minimum absolute atomic E-state index is 0.151. The lowest BCUT2D eigenvalue weighted by Gasteiger charge is -2.40. The molecule has 21 heavy (non-hydrogen) atoms. The lowest BCUT2D eigenvalue weighted by atomic mass is 9.79. The van der Waals surface area contributed by atoms with E-state index in [9.17, 15) is 13.9 Å². The molecule has 5 heteroatoms. The topological polar surface area (TPSA) is 29.5 Å². The van der Waals surface area contributed by atoms with Crippen LogP contribution in [-0.2, 0) is 4.74 Å². The highest BCUT2D eigenvalue weighted by molar-refractivity contribution is 9.10. The number of hydrogen-bond acceptors (Lipinski definition) is 2. The van der Waals surface area contributed by atoms with Gasteiger partial charge in [0.25, 0.3) is 0 Å². The lowest BCUT2D eigenvalue weighted by molar-refractivity contribution is -0.114. The maximum absolute atomic E-state index is 14.0. The smallest absolute Gasteiger partial charge is 0.133 e. The van der Waals surface area contributed by atoms with E-state index in [1.165, 1.54) is 12.1 Å². The van der Waals surface area contributed by atoms with Crippen molar-refractivity contribution in [2.45, 2.75) is 50.2 Å². The van der Waals surface area contributed by atoms with E-state index in [0.29, 0.717) is 23.9 Å². The molecule has 0 radical (unpaired) electrons. The number of hydrogen-bond donors (Lipinski definition) is 1. The second-order valence-corrected chi connectivity index (χ2v) is 7.14. The summed E-state index contributed by atoms with van der Waals surface area (Å²) >= 11 is 3.06. The van der Waals surface area contributed by atoms with Gasteiger partial charge < -0.3 is 9.84 Å². The van der Waals surface area contributed by atoms with Crippen molar-refractivity contribution in [3.05, 3.63) is 33.8 Å². The predicted octanol–water partition coefficient (Wildman–Crippen LogP) is 4.50. The molecule has 1 saturated carbocycles. The van der Waals surface area contributed by atoms with Crippen LogP contribution in [0.25, 0.3) is 0 Å². The van der Waals surface area contributed by atoms with Crippen molar-refractivity contribution in [1.82, 2.24) is 0 Å². The summed E-state index contributed by atoms with van der Waals surface area (Å²) in [5.74, 6) is -1.54. The summed E-state index contributed by atoms with van der Waals surface area (Å²) in [7, 11) is 0. The van der Waals surface area contributed by atoms with Gasteiger partial charge in [-0.2, -0.15) is 0 Å². The van der Waals surface area contributed by atoms with Gasteiger partial charge in [-0.15, -0.1) is 0 Å². The van der Waals surface area contributed by atoms with Gasteiger partial charge in [-0.05, 0) is 43.7 Å². The second-order valence-electron chi connectivity index (χ2n) is 6.22. The Balaban J connectivity index is 1.83. The Labute approximate surface area is 131 Å². The minimum Gasteiger partial charge on any atom is -0.388 e. The van der Waals surface area contributed by atoms with Crippen LogP contribution >= 0.6 is 15.9 Å². The first-order chi connectivity index (χ1) is 10.0. The van der Waals surface area contributed by atoms with Crippen molar-refractivity contribution < 1.29 is 18.6 Å². The summed E-state index contributed by atoms with van der Waals surface area (Å²) in [5.41, 5.74) is -0.384. The molecular weight excluding hydrogens is 342 g/mol. The molecule has 1 N–H and O–H groups in total. The van der Waals surface area contributed by atoms with Crippen LogP contribution in [0.3, 0.4) is 0 Å². The van der Waals surface area contributed by atoms with E-state index < -0.39 is 17.7 Å². The molecular formula is C16H19BrF2O2. The van der Waals surface area contributed by atoms with Gasteiger partial charge in [0, 0.05) is 11.1 Å². The first-order valence-electron chi connectivity index (χ1n) is 7.47. The van der Waals surface area contributed by atoms with Crippen molar-refractivity contribution in [3.8, 4) is 0 Å². The van der Waals surface area contributed by atoms with Gasteiger partial charge in [-0.1, -0.05) is 28.8 Å². The summed E-state index contributed by atoms with van der Waals surface area (Å²) in [6, 6.07) is 2.40. The Morgan fingerprint density at radius 3 is 2.48 bits per heavy atom. The quantitative estimate of drug-likeness (QED) is 0.841.